The molecule has 40 heavy (non-hydrogen) atoms. The fourth-order valence-electron chi connectivity index (χ4n) is 4.81. The summed E-state index contributed by atoms with van der Waals surface area (Å²) in [6.07, 6.45) is 3.12. The summed E-state index contributed by atoms with van der Waals surface area (Å²) in [7, 11) is 0. The quantitative estimate of drug-likeness (QED) is 0.154. The number of fused-ring (bicyclic) bond motifs is 1. The number of nitrogens with zero attached hydrogens (tertiary/aromatic N) is 3. The van der Waals surface area contributed by atoms with Crippen molar-refractivity contribution in [2.45, 2.75) is 45.6 Å². The Bertz CT molecular complexity index is 1560. The number of oxazole rings is 1. The highest BCUT2D eigenvalue weighted by Gasteiger charge is 2.23. The van der Waals surface area contributed by atoms with E-state index in [-0.39, 0.29) is 16.4 Å². The summed E-state index contributed by atoms with van der Waals surface area (Å²) < 4.78 is 5.94. The molecule has 0 aliphatic carbocycles. The van der Waals surface area contributed by atoms with Crippen molar-refractivity contribution in [2.24, 2.45) is 0 Å². The fourth-order valence-corrected chi connectivity index (χ4v) is 4.97. The van der Waals surface area contributed by atoms with Gasteiger partial charge in [0.1, 0.15) is 11.2 Å². The minimum Gasteiger partial charge on any atom is -0.436 e. The first kappa shape index (κ1) is 27.3. The van der Waals surface area contributed by atoms with Crippen LogP contribution in [-0.2, 0) is 6.54 Å². The van der Waals surface area contributed by atoms with Crippen LogP contribution in [-0.4, -0.2) is 34.0 Å². The lowest BCUT2D eigenvalue weighted by Crippen LogP contribution is -2.38. The van der Waals surface area contributed by atoms with Crippen LogP contribution in [0.1, 0.15) is 60.5 Å². The van der Waals surface area contributed by atoms with Gasteiger partial charge in [-0.25, -0.2) is 4.98 Å². The van der Waals surface area contributed by atoms with Gasteiger partial charge >= 0.3 is 0 Å². The summed E-state index contributed by atoms with van der Waals surface area (Å²) >= 11 is 5.30. The minimum atomic E-state index is -0.502. The molecule has 0 bridgehead atoms. The van der Waals surface area contributed by atoms with E-state index in [9.17, 15) is 14.9 Å². The highest BCUT2D eigenvalue weighted by Crippen LogP contribution is 2.31. The van der Waals surface area contributed by atoms with Crippen LogP contribution in [0.2, 0.25) is 0 Å². The van der Waals surface area contributed by atoms with Gasteiger partial charge in [-0.3, -0.25) is 20.2 Å². The molecule has 1 aliphatic rings. The minimum absolute atomic E-state index is 0.0761. The van der Waals surface area contributed by atoms with Gasteiger partial charge in [0, 0.05) is 36.8 Å². The summed E-state index contributed by atoms with van der Waals surface area (Å²) in [4.78, 5) is 30.7. The van der Waals surface area contributed by atoms with Crippen molar-refractivity contribution < 1.29 is 14.1 Å². The number of aromatic nitrogens is 1. The number of benzene rings is 3. The van der Waals surface area contributed by atoms with E-state index in [0.29, 0.717) is 24.0 Å². The maximum absolute atomic E-state index is 12.8. The van der Waals surface area contributed by atoms with E-state index < -0.39 is 10.8 Å². The second-order valence-electron chi connectivity index (χ2n) is 10.2. The lowest BCUT2D eigenvalue weighted by atomic mass is 10.0. The number of nitro groups is 1. The molecule has 9 nitrogen and oxygen atoms in total. The van der Waals surface area contributed by atoms with Crippen LogP contribution in [0.15, 0.2) is 65.1 Å². The Morgan fingerprint density at radius 2 is 1.82 bits per heavy atom. The Hall–Kier alpha value is -4.31. The molecule has 1 fully saturated rings. The van der Waals surface area contributed by atoms with Crippen LogP contribution < -0.4 is 15.5 Å². The molecule has 1 aliphatic heterocycles. The molecule has 1 saturated heterocycles. The summed E-state index contributed by atoms with van der Waals surface area (Å²) in [5.74, 6) is 0.465. The van der Waals surface area contributed by atoms with Crippen LogP contribution in [0, 0.1) is 10.1 Å². The average molecular weight is 558 g/mol. The van der Waals surface area contributed by atoms with Crippen LogP contribution in [0.5, 0.6) is 0 Å². The molecular formula is C30H31N5O4S. The topological polar surface area (TPSA) is 114 Å². The summed E-state index contributed by atoms with van der Waals surface area (Å²) in [5.41, 5.74) is 5.24. The molecular weight excluding hydrogens is 526 g/mol. The highest BCUT2D eigenvalue weighted by molar-refractivity contribution is 7.80. The molecule has 5 rings (SSSR count). The Balaban J connectivity index is 1.19. The third-order valence-corrected chi connectivity index (χ3v) is 7.34. The molecule has 0 saturated carbocycles. The molecule has 0 spiro atoms. The van der Waals surface area contributed by atoms with Gasteiger partial charge in [0.2, 0.25) is 5.89 Å². The smallest absolute Gasteiger partial charge is 0.293 e. The van der Waals surface area contributed by atoms with Crippen LogP contribution >= 0.6 is 12.2 Å². The monoisotopic (exact) mass is 557 g/mol. The molecule has 0 unspecified atom stereocenters. The number of anilines is 1. The summed E-state index contributed by atoms with van der Waals surface area (Å²) in [6.45, 7) is 6.22. The summed E-state index contributed by atoms with van der Waals surface area (Å²) in [5, 5.41) is 17.5. The van der Waals surface area contributed by atoms with E-state index in [1.807, 2.05) is 35.2 Å². The average Bonchev–Trinajstić information content (AvgIpc) is 3.40. The van der Waals surface area contributed by atoms with Gasteiger partial charge in [-0.1, -0.05) is 32.0 Å². The second-order valence-corrected chi connectivity index (χ2v) is 10.7. The first-order chi connectivity index (χ1) is 19.3. The van der Waals surface area contributed by atoms with Crippen LogP contribution in [0.4, 0.5) is 11.4 Å². The van der Waals surface area contributed by atoms with Gasteiger partial charge in [-0.2, -0.15) is 0 Å². The van der Waals surface area contributed by atoms with Crippen molar-refractivity contribution >= 4 is 45.7 Å². The fraction of sp³-hybridized carbons (Fsp3) is 0.300. The maximum atomic E-state index is 12.8. The number of carbonyl (C=O) groups excluding carboxylic acids is 1. The van der Waals surface area contributed by atoms with Crippen LogP contribution in [0.25, 0.3) is 22.6 Å². The SMILES string of the molecule is CC(C)c1ccc2oc(-c3ccc(CNC(=S)NC(=O)c4ccc(N5CCCCC5)c([N+](=O)[O-])c4)cc3)nc2c1. The van der Waals surface area contributed by atoms with E-state index >= 15 is 0 Å². The lowest BCUT2D eigenvalue weighted by molar-refractivity contribution is -0.384. The number of hydrogen-bond donors (Lipinski definition) is 2. The van der Waals surface area contributed by atoms with E-state index in [1.54, 1.807) is 12.1 Å². The van der Waals surface area contributed by atoms with Gasteiger partial charge in [0.25, 0.3) is 11.6 Å². The summed E-state index contributed by atoms with van der Waals surface area (Å²) in [6, 6.07) is 18.4. The first-order valence-electron chi connectivity index (χ1n) is 13.4. The van der Waals surface area contributed by atoms with E-state index in [4.69, 9.17) is 16.6 Å². The van der Waals surface area contributed by atoms with E-state index in [1.165, 1.54) is 11.6 Å². The zero-order valence-corrected chi connectivity index (χ0v) is 23.3. The number of nitro benzene ring substituents is 1. The van der Waals surface area contributed by atoms with Crippen molar-refractivity contribution in [2.75, 3.05) is 18.0 Å². The zero-order chi connectivity index (χ0) is 28.2. The molecule has 1 amide bonds. The zero-order valence-electron chi connectivity index (χ0n) is 22.5. The Morgan fingerprint density at radius 1 is 1.07 bits per heavy atom. The largest absolute Gasteiger partial charge is 0.436 e. The van der Waals surface area contributed by atoms with Gasteiger partial charge < -0.3 is 14.6 Å². The van der Waals surface area contributed by atoms with Crippen molar-refractivity contribution in [1.82, 2.24) is 15.6 Å². The third-order valence-electron chi connectivity index (χ3n) is 7.09. The molecule has 2 N–H and O–H groups in total. The predicted octanol–water partition coefficient (Wildman–Crippen LogP) is 6.32. The molecule has 206 valence electrons. The molecule has 0 atom stereocenters. The number of amides is 1. The predicted molar refractivity (Wildman–Crippen MR) is 160 cm³/mol. The van der Waals surface area contributed by atoms with Crippen molar-refractivity contribution in [3.05, 3.63) is 87.5 Å². The van der Waals surface area contributed by atoms with E-state index in [2.05, 4.69) is 41.6 Å². The van der Waals surface area contributed by atoms with Gasteiger partial charge in [-0.15, -0.1) is 0 Å². The van der Waals surface area contributed by atoms with Crippen molar-refractivity contribution in [3.63, 3.8) is 0 Å². The number of hydrogen-bond acceptors (Lipinski definition) is 7. The van der Waals surface area contributed by atoms with E-state index in [0.717, 1.165) is 54.6 Å². The molecule has 1 aromatic heterocycles. The van der Waals surface area contributed by atoms with Crippen molar-refractivity contribution in [1.29, 1.82) is 0 Å². The standard InChI is InChI=1S/C30H31N5O4S/c1-19(2)22-11-13-27-24(16-22)32-29(39-27)21-8-6-20(7-9-21)18-31-30(40)33-28(36)23-10-12-25(26(17-23)35(37)38)34-14-4-3-5-15-34/h6-13,16-17,19H,3-5,14-15,18H2,1-2H3,(H2,31,33,36,40). The Labute approximate surface area is 237 Å². The molecule has 0 radical (unpaired) electrons. The molecule has 3 aromatic carbocycles. The first-order valence-corrected chi connectivity index (χ1v) is 13.8. The molecule has 10 heteroatoms. The van der Waals surface area contributed by atoms with Crippen LogP contribution in [0.3, 0.4) is 0 Å². The Morgan fingerprint density at radius 3 is 2.52 bits per heavy atom. The van der Waals surface area contributed by atoms with Gasteiger partial charge in [0.05, 0.1) is 4.92 Å². The number of thiocarbonyl (C=S) groups is 1. The van der Waals surface area contributed by atoms with Crippen molar-refractivity contribution in [3.8, 4) is 11.5 Å². The normalized spacial score (nSPS) is 13.4. The number of nitrogens with one attached hydrogen (secondary N) is 2. The maximum Gasteiger partial charge on any atom is 0.293 e. The molecule has 4 aromatic rings. The molecule has 2 heterocycles. The van der Waals surface area contributed by atoms with Gasteiger partial charge in [0.15, 0.2) is 10.7 Å². The lowest BCUT2D eigenvalue weighted by Gasteiger charge is -2.28. The Kier molecular flexibility index (Phi) is 8.06. The number of piperidine rings is 1. The third kappa shape index (κ3) is 6.12. The number of carbonyl (C=O) groups is 1. The highest BCUT2D eigenvalue weighted by atomic mass is 32.1. The second kappa shape index (κ2) is 11.8. The van der Waals surface area contributed by atoms with Gasteiger partial charge in [-0.05, 0) is 84.9 Å². The number of rotatable bonds is 7.